The van der Waals surface area contributed by atoms with Crippen LogP contribution in [0.3, 0.4) is 0 Å². The molecule has 0 atom stereocenters. The summed E-state index contributed by atoms with van der Waals surface area (Å²) in [6.07, 6.45) is 0. The number of hydrogen-bond donors (Lipinski definition) is 0. The van der Waals surface area contributed by atoms with Gasteiger partial charge in [0, 0.05) is 39.2 Å². The first-order valence-corrected chi connectivity index (χ1v) is 6.22. The van der Waals surface area contributed by atoms with Crippen molar-refractivity contribution in [2.75, 3.05) is 31.1 Å². The van der Waals surface area contributed by atoms with Gasteiger partial charge in [-0.3, -0.25) is 14.9 Å². The Labute approximate surface area is 116 Å². The standard InChI is InChI=1S/C13H14N4O3/c1-10(18)15-4-6-16(7-5-15)12-3-2-11(9-14)8-13(12)17(19)20/h2-3,8H,4-7H2,1H3. The lowest BCUT2D eigenvalue weighted by Crippen LogP contribution is -2.48. The lowest BCUT2D eigenvalue weighted by Gasteiger charge is -2.35. The Morgan fingerprint density at radius 2 is 2.00 bits per heavy atom. The molecule has 0 spiro atoms. The highest BCUT2D eigenvalue weighted by Gasteiger charge is 2.24. The summed E-state index contributed by atoms with van der Waals surface area (Å²) in [5, 5.41) is 19.9. The van der Waals surface area contributed by atoms with Crippen LogP contribution in [0.2, 0.25) is 0 Å². The molecule has 1 saturated heterocycles. The van der Waals surface area contributed by atoms with Crippen molar-refractivity contribution in [1.29, 1.82) is 5.26 Å². The smallest absolute Gasteiger partial charge is 0.293 e. The van der Waals surface area contributed by atoms with Gasteiger partial charge in [-0.05, 0) is 12.1 Å². The maximum absolute atomic E-state index is 11.3. The second-order valence-electron chi connectivity index (χ2n) is 4.57. The summed E-state index contributed by atoms with van der Waals surface area (Å²) in [5.41, 5.74) is 0.695. The van der Waals surface area contributed by atoms with Crippen LogP contribution in [0, 0.1) is 21.4 Å². The molecule has 1 aromatic rings. The number of carbonyl (C=O) groups excluding carboxylic acids is 1. The van der Waals surface area contributed by atoms with Gasteiger partial charge in [-0.1, -0.05) is 0 Å². The van der Waals surface area contributed by atoms with Crippen LogP contribution in [-0.2, 0) is 4.79 Å². The van der Waals surface area contributed by atoms with Gasteiger partial charge in [0.15, 0.2) is 0 Å². The zero-order valence-corrected chi connectivity index (χ0v) is 11.1. The minimum atomic E-state index is -0.479. The van der Waals surface area contributed by atoms with Crippen LogP contribution in [0.5, 0.6) is 0 Å². The van der Waals surface area contributed by atoms with Crippen LogP contribution in [0.4, 0.5) is 11.4 Å². The monoisotopic (exact) mass is 274 g/mol. The third kappa shape index (κ3) is 2.69. The first-order chi connectivity index (χ1) is 9.52. The molecule has 1 aromatic carbocycles. The van der Waals surface area contributed by atoms with Crippen LogP contribution < -0.4 is 4.90 Å². The van der Waals surface area contributed by atoms with E-state index in [1.807, 2.05) is 11.0 Å². The first-order valence-electron chi connectivity index (χ1n) is 6.22. The van der Waals surface area contributed by atoms with Crippen LogP contribution in [0.25, 0.3) is 0 Å². The summed E-state index contributed by atoms with van der Waals surface area (Å²) in [6, 6.07) is 6.35. The maximum Gasteiger partial charge on any atom is 0.293 e. The Balaban J connectivity index is 2.24. The molecule has 1 aliphatic rings. The van der Waals surface area contributed by atoms with Gasteiger partial charge in [-0.2, -0.15) is 5.26 Å². The summed E-state index contributed by atoms with van der Waals surface area (Å²) in [5.74, 6) is 0.0129. The molecule has 0 unspecified atom stereocenters. The van der Waals surface area contributed by atoms with Crippen molar-refractivity contribution in [3.8, 4) is 6.07 Å². The average molecular weight is 274 g/mol. The number of amides is 1. The first kappa shape index (κ1) is 13.8. The topological polar surface area (TPSA) is 90.5 Å². The number of carbonyl (C=O) groups is 1. The van der Waals surface area contributed by atoms with E-state index in [4.69, 9.17) is 5.26 Å². The van der Waals surface area contributed by atoms with Gasteiger partial charge in [0.05, 0.1) is 16.6 Å². The molecule has 7 heteroatoms. The Morgan fingerprint density at radius 3 is 2.50 bits per heavy atom. The second kappa shape index (κ2) is 5.57. The van der Waals surface area contributed by atoms with E-state index in [9.17, 15) is 14.9 Å². The van der Waals surface area contributed by atoms with Crippen molar-refractivity contribution in [2.24, 2.45) is 0 Å². The summed E-state index contributed by atoms with van der Waals surface area (Å²) in [7, 11) is 0. The van der Waals surface area contributed by atoms with E-state index in [1.165, 1.54) is 13.0 Å². The van der Waals surface area contributed by atoms with Crippen LogP contribution in [-0.4, -0.2) is 41.9 Å². The van der Waals surface area contributed by atoms with E-state index in [-0.39, 0.29) is 17.2 Å². The normalized spacial score (nSPS) is 14.8. The van der Waals surface area contributed by atoms with Gasteiger partial charge in [0.1, 0.15) is 5.69 Å². The fourth-order valence-electron chi connectivity index (χ4n) is 2.27. The van der Waals surface area contributed by atoms with Crippen molar-refractivity contribution in [3.63, 3.8) is 0 Å². The molecule has 0 radical (unpaired) electrons. The molecule has 104 valence electrons. The number of nitrogens with zero attached hydrogens (tertiary/aromatic N) is 4. The Bertz CT molecular complexity index is 586. The van der Waals surface area contributed by atoms with Crippen molar-refractivity contribution in [1.82, 2.24) is 4.90 Å². The number of piperazine rings is 1. The number of benzene rings is 1. The minimum Gasteiger partial charge on any atom is -0.362 e. The number of nitro benzene ring substituents is 1. The van der Waals surface area contributed by atoms with Crippen LogP contribution in [0.15, 0.2) is 18.2 Å². The van der Waals surface area contributed by atoms with E-state index >= 15 is 0 Å². The molecule has 20 heavy (non-hydrogen) atoms. The Morgan fingerprint density at radius 1 is 1.35 bits per heavy atom. The van der Waals surface area contributed by atoms with Crippen molar-refractivity contribution >= 4 is 17.3 Å². The molecule has 7 nitrogen and oxygen atoms in total. The maximum atomic E-state index is 11.3. The van der Waals surface area contributed by atoms with Crippen LogP contribution >= 0.6 is 0 Å². The summed E-state index contributed by atoms with van der Waals surface area (Å²) in [4.78, 5) is 25.5. The molecule has 2 rings (SSSR count). The predicted molar refractivity (Wildman–Crippen MR) is 72.3 cm³/mol. The number of nitro groups is 1. The number of hydrogen-bond acceptors (Lipinski definition) is 5. The van der Waals surface area contributed by atoms with Gasteiger partial charge in [-0.15, -0.1) is 0 Å². The molecule has 1 heterocycles. The highest BCUT2D eigenvalue weighted by atomic mass is 16.6. The summed E-state index contributed by atoms with van der Waals surface area (Å²) >= 11 is 0. The average Bonchev–Trinajstić information content (AvgIpc) is 2.46. The Hall–Kier alpha value is -2.62. The Kier molecular flexibility index (Phi) is 3.84. The summed E-state index contributed by atoms with van der Waals surface area (Å²) < 4.78 is 0. The molecule has 0 N–H and O–H groups in total. The largest absolute Gasteiger partial charge is 0.362 e. The number of rotatable bonds is 2. The van der Waals surface area contributed by atoms with Gasteiger partial charge < -0.3 is 9.80 Å². The third-order valence-corrected chi connectivity index (χ3v) is 3.37. The third-order valence-electron chi connectivity index (χ3n) is 3.37. The molecule has 1 amide bonds. The van der Waals surface area contributed by atoms with Crippen molar-refractivity contribution in [2.45, 2.75) is 6.92 Å². The molecule has 0 aromatic heterocycles. The molecule has 0 aliphatic carbocycles. The second-order valence-corrected chi connectivity index (χ2v) is 4.57. The fraction of sp³-hybridized carbons (Fsp3) is 0.385. The highest BCUT2D eigenvalue weighted by molar-refractivity contribution is 5.74. The van der Waals surface area contributed by atoms with E-state index in [2.05, 4.69) is 0 Å². The SMILES string of the molecule is CC(=O)N1CCN(c2ccc(C#N)cc2[N+](=O)[O-])CC1. The molecular weight excluding hydrogens is 260 g/mol. The van der Waals surface area contributed by atoms with Crippen molar-refractivity contribution < 1.29 is 9.72 Å². The van der Waals surface area contributed by atoms with E-state index < -0.39 is 4.92 Å². The quantitative estimate of drug-likeness (QED) is 0.595. The minimum absolute atomic E-state index is 0.0129. The highest BCUT2D eigenvalue weighted by Crippen LogP contribution is 2.29. The van der Waals surface area contributed by atoms with Crippen LogP contribution in [0.1, 0.15) is 12.5 Å². The van der Waals surface area contributed by atoms with Gasteiger partial charge in [0.2, 0.25) is 5.91 Å². The number of anilines is 1. The van der Waals surface area contributed by atoms with Gasteiger partial charge >= 0.3 is 0 Å². The zero-order chi connectivity index (χ0) is 14.7. The van der Waals surface area contributed by atoms with E-state index in [0.717, 1.165) is 0 Å². The lowest BCUT2D eigenvalue weighted by atomic mass is 10.1. The summed E-state index contributed by atoms with van der Waals surface area (Å²) in [6.45, 7) is 3.71. The van der Waals surface area contributed by atoms with Gasteiger partial charge in [0.25, 0.3) is 5.69 Å². The molecule has 1 fully saturated rings. The van der Waals surface area contributed by atoms with E-state index in [0.29, 0.717) is 31.9 Å². The zero-order valence-electron chi connectivity index (χ0n) is 11.1. The molecule has 0 saturated carbocycles. The number of nitriles is 1. The fourth-order valence-corrected chi connectivity index (χ4v) is 2.27. The molecule has 0 bridgehead atoms. The molecule has 1 aliphatic heterocycles. The van der Waals surface area contributed by atoms with Crippen molar-refractivity contribution in [3.05, 3.63) is 33.9 Å². The predicted octanol–water partition coefficient (Wildman–Crippen LogP) is 1.13. The molecular formula is C13H14N4O3. The lowest BCUT2D eigenvalue weighted by molar-refractivity contribution is -0.384. The van der Waals surface area contributed by atoms with E-state index in [1.54, 1.807) is 17.0 Å². The van der Waals surface area contributed by atoms with Gasteiger partial charge in [-0.25, -0.2) is 0 Å².